The lowest BCUT2D eigenvalue weighted by Gasteiger charge is -2.17. The van der Waals surface area contributed by atoms with Crippen molar-refractivity contribution in [3.8, 4) is 11.1 Å². The van der Waals surface area contributed by atoms with Crippen molar-refractivity contribution >= 4 is 23.0 Å². The first-order valence-electron chi connectivity index (χ1n) is 6.85. The van der Waals surface area contributed by atoms with Crippen molar-refractivity contribution in [2.75, 3.05) is 17.0 Å². The molecular weight excluding hydrogens is 272 g/mol. The molecule has 0 atom stereocenters. The van der Waals surface area contributed by atoms with Crippen molar-refractivity contribution in [2.24, 2.45) is 5.92 Å². The van der Waals surface area contributed by atoms with E-state index in [1.54, 1.807) is 6.20 Å². The van der Waals surface area contributed by atoms with Gasteiger partial charge in [-0.05, 0) is 30.9 Å². The highest BCUT2D eigenvalue weighted by molar-refractivity contribution is 6.36. The monoisotopic (exact) mass is 286 g/mol. The number of rotatable bonds is 3. The van der Waals surface area contributed by atoms with E-state index in [1.165, 1.54) is 12.8 Å². The van der Waals surface area contributed by atoms with Crippen LogP contribution in [0.3, 0.4) is 0 Å². The molecule has 2 N–H and O–H groups in total. The van der Waals surface area contributed by atoms with Crippen LogP contribution in [0.25, 0.3) is 11.1 Å². The highest BCUT2D eigenvalue weighted by Crippen LogP contribution is 2.43. The first-order chi connectivity index (χ1) is 9.83. The van der Waals surface area contributed by atoms with Crippen molar-refractivity contribution in [3.05, 3.63) is 41.7 Å². The summed E-state index contributed by atoms with van der Waals surface area (Å²) >= 11 is 6.55. The Balaban J connectivity index is 1.71. The maximum atomic E-state index is 6.55. The predicted molar refractivity (Wildman–Crippen MR) is 81.5 cm³/mol. The third kappa shape index (κ3) is 2.01. The fourth-order valence-corrected chi connectivity index (χ4v) is 2.86. The van der Waals surface area contributed by atoms with E-state index in [9.17, 15) is 0 Å². The second-order valence-electron chi connectivity index (χ2n) is 5.35. The summed E-state index contributed by atoms with van der Waals surface area (Å²) < 4.78 is 0. The topological polar surface area (TPSA) is 40.2 Å². The first kappa shape index (κ1) is 12.0. The van der Waals surface area contributed by atoms with Gasteiger partial charge in [0.2, 0.25) is 0 Å². The van der Waals surface area contributed by atoms with Crippen LogP contribution < -0.4 is 16.0 Å². The number of hydrogen-bond acceptors (Lipinski definition) is 4. The zero-order valence-electron chi connectivity index (χ0n) is 10.9. The van der Waals surface area contributed by atoms with Gasteiger partial charge in [0.25, 0.3) is 0 Å². The Bertz CT molecular complexity index is 640. The molecule has 4 nitrogen and oxygen atoms in total. The molecule has 2 heterocycles. The quantitative estimate of drug-likeness (QED) is 0.906. The molecule has 1 aliphatic heterocycles. The summed E-state index contributed by atoms with van der Waals surface area (Å²) in [4.78, 5) is 4.15. The lowest BCUT2D eigenvalue weighted by molar-refractivity contribution is 0.674. The highest BCUT2D eigenvalue weighted by Gasteiger charge is 2.29. The summed E-state index contributed by atoms with van der Waals surface area (Å²) in [6.07, 6.45) is 6.25. The number of benzene rings is 1. The van der Waals surface area contributed by atoms with Crippen LogP contribution in [0, 0.1) is 5.92 Å². The molecule has 1 aromatic carbocycles. The van der Waals surface area contributed by atoms with Gasteiger partial charge in [0.1, 0.15) is 0 Å². The number of hydrazine groups is 2. The van der Waals surface area contributed by atoms with Gasteiger partial charge in [-0.3, -0.25) is 9.99 Å². The minimum absolute atomic E-state index is 0.737. The Morgan fingerprint density at radius 1 is 1.30 bits per heavy atom. The fraction of sp³-hybridized carbons (Fsp3) is 0.267. The highest BCUT2D eigenvalue weighted by atomic mass is 35.5. The predicted octanol–water partition coefficient (Wildman–Crippen LogP) is 3.46. The third-order valence-electron chi connectivity index (χ3n) is 3.84. The number of nitrogens with one attached hydrogen (secondary N) is 2. The van der Waals surface area contributed by atoms with E-state index in [2.05, 4.69) is 33.1 Å². The molecule has 1 aliphatic carbocycles. The maximum absolute atomic E-state index is 6.55. The number of hydrogen-bond donors (Lipinski definition) is 2. The maximum Gasteiger partial charge on any atom is 0.0946 e. The minimum Gasteiger partial charge on any atom is -0.300 e. The summed E-state index contributed by atoms with van der Waals surface area (Å²) in [5.41, 5.74) is 10.5. The molecule has 0 saturated heterocycles. The van der Waals surface area contributed by atoms with Crippen molar-refractivity contribution in [3.63, 3.8) is 0 Å². The lowest BCUT2D eigenvalue weighted by Crippen LogP contribution is -2.37. The van der Waals surface area contributed by atoms with Crippen molar-refractivity contribution in [1.82, 2.24) is 10.5 Å². The average Bonchev–Trinajstić information content (AvgIpc) is 3.20. The Hall–Kier alpha value is -1.78. The Morgan fingerprint density at radius 3 is 2.95 bits per heavy atom. The third-order valence-corrected chi connectivity index (χ3v) is 4.23. The van der Waals surface area contributed by atoms with Crippen LogP contribution in [-0.2, 0) is 0 Å². The second-order valence-corrected chi connectivity index (χ2v) is 5.73. The van der Waals surface area contributed by atoms with Gasteiger partial charge in [0, 0.05) is 30.1 Å². The van der Waals surface area contributed by atoms with Gasteiger partial charge in [-0.25, -0.2) is 0 Å². The molecule has 20 heavy (non-hydrogen) atoms. The summed E-state index contributed by atoms with van der Waals surface area (Å²) in [6.45, 7) is 1.03. The van der Waals surface area contributed by atoms with Gasteiger partial charge < -0.3 is 5.43 Å². The molecule has 0 spiro atoms. The molecular formula is C15H15ClN4. The van der Waals surface area contributed by atoms with Crippen LogP contribution in [0.1, 0.15) is 12.8 Å². The van der Waals surface area contributed by atoms with Gasteiger partial charge in [-0.1, -0.05) is 23.7 Å². The molecule has 5 heteroatoms. The normalized spacial score (nSPS) is 16.9. The molecule has 2 aromatic rings. The number of fused-ring (bicyclic) bond motifs is 1. The lowest BCUT2D eigenvalue weighted by atomic mass is 10.1. The Morgan fingerprint density at radius 2 is 2.20 bits per heavy atom. The number of aromatic nitrogens is 1. The Kier molecular flexibility index (Phi) is 2.79. The second kappa shape index (κ2) is 4.65. The van der Waals surface area contributed by atoms with E-state index in [0.29, 0.717) is 0 Å². The molecule has 1 aromatic heterocycles. The molecule has 0 amide bonds. The fourth-order valence-electron chi connectivity index (χ4n) is 2.54. The van der Waals surface area contributed by atoms with Crippen molar-refractivity contribution < 1.29 is 0 Å². The summed E-state index contributed by atoms with van der Waals surface area (Å²) in [5, 5.41) is 2.88. The van der Waals surface area contributed by atoms with Crippen LogP contribution >= 0.6 is 11.6 Å². The summed E-state index contributed by atoms with van der Waals surface area (Å²) in [5.74, 6) is 0.812. The molecule has 1 saturated carbocycles. The van der Waals surface area contributed by atoms with Crippen LogP contribution in [0.4, 0.5) is 11.4 Å². The van der Waals surface area contributed by atoms with Gasteiger partial charge in [0.05, 0.1) is 16.4 Å². The zero-order chi connectivity index (χ0) is 13.5. The molecule has 0 radical (unpaired) electrons. The molecule has 4 rings (SSSR count). The van der Waals surface area contributed by atoms with Crippen LogP contribution in [0.2, 0.25) is 5.02 Å². The molecule has 0 unspecified atom stereocenters. The van der Waals surface area contributed by atoms with E-state index in [0.717, 1.165) is 40.0 Å². The zero-order valence-corrected chi connectivity index (χ0v) is 11.7. The summed E-state index contributed by atoms with van der Waals surface area (Å²) in [7, 11) is 0. The van der Waals surface area contributed by atoms with Crippen molar-refractivity contribution in [1.29, 1.82) is 0 Å². The van der Waals surface area contributed by atoms with E-state index in [4.69, 9.17) is 11.6 Å². The van der Waals surface area contributed by atoms with Gasteiger partial charge in [-0.2, -0.15) is 0 Å². The molecule has 0 bridgehead atoms. The smallest absolute Gasteiger partial charge is 0.0946 e. The largest absolute Gasteiger partial charge is 0.300 e. The average molecular weight is 287 g/mol. The van der Waals surface area contributed by atoms with Crippen LogP contribution in [-0.4, -0.2) is 11.5 Å². The van der Waals surface area contributed by atoms with Gasteiger partial charge in [0.15, 0.2) is 0 Å². The summed E-state index contributed by atoms with van der Waals surface area (Å²) in [6, 6.07) is 8.11. The van der Waals surface area contributed by atoms with E-state index < -0.39 is 0 Å². The number of pyridine rings is 1. The van der Waals surface area contributed by atoms with Crippen molar-refractivity contribution in [2.45, 2.75) is 12.8 Å². The first-order valence-corrected chi connectivity index (χ1v) is 7.23. The van der Waals surface area contributed by atoms with E-state index in [-0.39, 0.29) is 0 Å². The number of halogens is 1. The minimum atomic E-state index is 0.737. The number of anilines is 2. The van der Waals surface area contributed by atoms with Crippen LogP contribution in [0.5, 0.6) is 0 Å². The molecule has 1 fully saturated rings. The van der Waals surface area contributed by atoms with E-state index in [1.807, 2.05) is 18.3 Å². The number of nitrogens with zero attached hydrogens (tertiary/aromatic N) is 2. The van der Waals surface area contributed by atoms with E-state index >= 15 is 0 Å². The van der Waals surface area contributed by atoms with Crippen LogP contribution in [0.15, 0.2) is 36.7 Å². The Labute approximate surface area is 122 Å². The van der Waals surface area contributed by atoms with Gasteiger partial charge >= 0.3 is 0 Å². The molecule has 102 valence electrons. The SMILES string of the molecule is Clc1c(-c2cccnc2)ccc2c1NNN2CC1CC1. The van der Waals surface area contributed by atoms with Gasteiger partial charge in [-0.15, -0.1) is 5.53 Å². The molecule has 2 aliphatic rings. The standard InChI is InChI=1S/C15H15ClN4/c16-14-12(11-2-1-7-17-8-11)5-6-13-15(14)18-19-20(13)9-10-3-4-10/h1-2,5-8,10,18-19H,3-4,9H2.